The Kier molecular flexibility index (Phi) is 6.94. The van der Waals surface area contributed by atoms with Crippen molar-refractivity contribution in [1.29, 1.82) is 0 Å². The number of ketones is 1. The van der Waals surface area contributed by atoms with Gasteiger partial charge in [0.05, 0.1) is 11.4 Å². The van der Waals surface area contributed by atoms with E-state index in [4.69, 9.17) is 0 Å². The molecule has 0 aliphatic rings. The third kappa shape index (κ3) is 4.71. The van der Waals surface area contributed by atoms with Gasteiger partial charge in [-0.1, -0.05) is 32.9 Å². The summed E-state index contributed by atoms with van der Waals surface area (Å²) in [6, 6.07) is 14.1. The van der Waals surface area contributed by atoms with Crippen LogP contribution in [0.4, 0.5) is 5.69 Å². The molecular formula is C20H26N2O3S. The summed E-state index contributed by atoms with van der Waals surface area (Å²) >= 11 is 0. The predicted molar refractivity (Wildman–Crippen MR) is 105 cm³/mol. The number of rotatable bonds is 9. The molecule has 0 spiro atoms. The first-order chi connectivity index (χ1) is 12.4. The average Bonchev–Trinajstić information content (AvgIpc) is 2.67. The Labute approximate surface area is 156 Å². The Balaban J connectivity index is 2.04. The molecule has 2 aromatic rings. The first-order valence-corrected chi connectivity index (χ1v) is 10.3. The van der Waals surface area contributed by atoms with Gasteiger partial charge >= 0.3 is 0 Å². The lowest BCUT2D eigenvalue weighted by Crippen LogP contribution is -2.30. The van der Waals surface area contributed by atoms with Crippen LogP contribution in [0.25, 0.3) is 0 Å². The van der Waals surface area contributed by atoms with Crippen molar-refractivity contribution in [2.75, 3.05) is 25.0 Å². The molecule has 0 saturated carbocycles. The zero-order chi connectivity index (χ0) is 19.2. The molecule has 0 atom stereocenters. The molecule has 0 unspecified atom stereocenters. The van der Waals surface area contributed by atoms with Gasteiger partial charge in [0, 0.05) is 24.3 Å². The van der Waals surface area contributed by atoms with E-state index in [0.717, 1.165) is 12.1 Å². The predicted octanol–water partition coefficient (Wildman–Crippen LogP) is 3.57. The fourth-order valence-electron chi connectivity index (χ4n) is 2.67. The third-order valence-corrected chi connectivity index (χ3v) is 6.40. The van der Waals surface area contributed by atoms with E-state index in [1.165, 1.54) is 22.0 Å². The van der Waals surface area contributed by atoms with E-state index in [1.54, 1.807) is 26.0 Å². The van der Waals surface area contributed by atoms with Crippen LogP contribution < -0.4 is 5.32 Å². The van der Waals surface area contributed by atoms with E-state index in [0.29, 0.717) is 18.7 Å². The highest BCUT2D eigenvalue weighted by Gasteiger charge is 2.21. The van der Waals surface area contributed by atoms with E-state index >= 15 is 0 Å². The van der Waals surface area contributed by atoms with Gasteiger partial charge in [-0.3, -0.25) is 4.79 Å². The second-order valence-electron chi connectivity index (χ2n) is 5.94. The van der Waals surface area contributed by atoms with Crippen molar-refractivity contribution in [3.63, 3.8) is 0 Å². The molecule has 6 heteroatoms. The summed E-state index contributed by atoms with van der Waals surface area (Å²) in [5.74, 6) is -0.0867. The number of benzene rings is 2. The summed E-state index contributed by atoms with van der Waals surface area (Å²) in [6.45, 7) is 6.69. The fourth-order valence-corrected chi connectivity index (χ4v) is 4.13. The molecule has 2 rings (SSSR count). The fraction of sp³-hybridized carbons (Fsp3) is 0.350. The normalized spacial score (nSPS) is 11.5. The second kappa shape index (κ2) is 8.96. The molecular weight excluding hydrogens is 348 g/mol. The molecule has 5 nitrogen and oxygen atoms in total. The van der Waals surface area contributed by atoms with Crippen molar-refractivity contribution in [3.8, 4) is 0 Å². The molecule has 0 aliphatic heterocycles. The van der Waals surface area contributed by atoms with Crippen molar-refractivity contribution in [2.24, 2.45) is 0 Å². The zero-order valence-corrected chi connectivity index (χ0v) is 16.3. The van der Waals surface area contributed by atoms with E-state index < -0.39 is 10.0 Å². The van der Waals surface area contributed by atoms with Gasteiger partial charge in [0.15, 0.2) is 5.78 Å². The Morgan fingerprint density at radius 3 is 2.00 bits per heavy atom. The lowest BCUT2D eigenvalue weighted by Gasteiger charge is -2.18. The highest BCUT2D eigenvalue weighted by atomic mass is 32.2. The highest BCUT2D eigenvalue weighted by molar-refractivity contribution is 7.89. The summed E-state index contributed by atoms with van der Waals surface area (Å²) in [5, 5.41) is 3.10. The van der Waals surface area contributed by atoms with Gasteiger partial charge in [-0.15, -0.1) is 0 Å². The van der Waals surface area contributed by atoms with Crippen LogP contribution in [0.2, 0.25) is 0 Å². The van der Waals surface area contributed by atoms with Crippen LogP contribution in [0.15, 0.2) is 53.4 Å². The first kappa shape index (κ1) is 20.1. The minimum absolute atomic E-state index is 0.0867. The molecule has 26 heavy (non-hydrogen) atoms. The molecule has 2 aromatic carbocycles. The number of anilines is 1. The average molecular weight is 375 g/mol. The van der Waals surface area contributed by atoms with Crippen LogP contribution in [0, 0.1) is 0 Å². The number of hydrogen-bond donors (Lipinski definition) is 1. The van der Waals surface area contributed by atoms with Crippen LogP contribution in [-0.2, 0) is 16.4 Å². The lowest BCUT2D eigenvalue weighted by molar-refractivity contribution is 0.101. The molecule has 0 bridgehead atoms. The molecule has 140 valence electrons. The summed E-state index contributed by atoms with van der Waals surface area (Å²) in [4.78, 5) is 12.5. The standard InChI is InChI=1S/C20H26N2O3S/c1-4-16-7-11-18(12-8-16)21-15-20(23)17-9-13-19(14-10-17)26(24,25)22(5-2)6-3/h7-14,21H,4-6,15H2,1-3H3. The quantitative estimate of drug-likeness (QED) is 0.682. The number of carbonyl (C=O) groups excluding carboxylic acids is 1. The lowest BCUT2D eigenvalue weighted by atomic mass is 10.1. The van der Waals surface area contributed by atoms with E-state index in [-0.39, 0.29) is 17.2 Å². The van der Waals surface area contributed by atoms with Gasteiger partial charge in [0.2, 0.25) is 10.0 Å². The van der Waals surface area contributed by atoms with Crippen LogP contribution in [-0.4, -0.2) is 38.1 Å². The minimum atomic E-state index is -3.50. The summed E-state index contributed by atoms with van der Waals surface area (Å²) in [5.41, 5.74) is 2.62. The number of nitrogens with one attached hydrogen (secondary N) is 1. The highest BCUT2D eigenvalue weighted by Crippen LogP contribution is 2.17. The van der Waals surface area contributed by atoms with Gasteiger partial charge in [0.25, 0.3) is 0 Å². The minimum Gasteiger partial charge on any atom is -0.378 e. The number of sulfonamides is 1. The topological polar surface area (TPSA) is 66.5 Å². The molecule has 0 aliphatic carbocycles. The molecule has 1 N–H and O–H groups in total. The summed E-state index contributed by atoms with van der Waals surface area (Å²) in [6.07, 6.45) is 0.974. The van der Waals surface area contributed by atoms with Gasteiger partial charge in [0.1, 0.15) is 0 Å². The molecule has 0 amide bonds. The van der Waals surface area contributed by atoms with Crippen molar-refractivity contribution in [2.45, 2.75) is 32.1 Å². The summed E-state index contributed by atoms with van der Waals surface area (Å²) < 4.78 is 26.3. The van der Waals surface area contributed by atoms with Gasteiger partial charge in [-0.05, 0) is 48.4 Å². The van der Waals surface area contributed by atoms with Crippen LogP contribution in [0.1, 0.15) is 36.7 Å². The molecule has 0 saturated heterocycles. The van der Waals surface area contributed by atoms with Crippen LogP contribution >= 0.6 is 0 Å². The van der Waals surface area contributed by atoms with Gasteiger partial charge in [-0.2, -0.15) is 4.31 Å². The van der Waals surface area contributed by atoms with Crippen molar-refractivity contribution in [3.05, 3.63) is 59.7 Å². The number of aryl methyl sites for hydroxylation is 1. The van der Waals surface area contributed by atoms with Crippen LogP contribution in [0.5, 0.6) is 0 Å². The van der Waals surface area contributed by atoms with Gasteiger partial charge < -0.3 is 5.32 Å². The molecule has 0 heterocycles. The van der Waals surface area contributed by atoms with Crippen molar-refractivity contribution >= 4 is 21.5 Å². The Morgan fingerprint density at radius 1 is 0.923 bits per heavy atom. The maximum Gasteiger partial charge on any atom is 0.243 e. The second-order valence-corrected chi connectivity index (χ2v) is 7.88. The first-order valence-electron chi connectivity index (χ1n) is 8.88. The molecule has 0 fully saturated rings. The Bertz CT molecular complexity index is 824. The monoisotopic (exact) mass is 374 g/mol. The molecule has 0 aromatic heterocycles. The zero-order valence-electron chi connectivity index (χ0n) is 15.5. The smallest absolute Gasteiger partial charge is 0.243 e. The number of Topliss-reactive ketones (excluding diaryl/α,β-unsaturated/α-hetero) is 1. The number of nitrogens with zero attached hydrogens (tertiary/aromatic N) is 1. The van der Waals surface area contributed by atoms with Gasteiger partial charge in [-0.25, -0.2) is 8.42 Å². The maximum absolute atomic E-state index is 12.5. The number of hydrogen-bond acceptors (Lipinski definition) is 4. The summed E-state index contributed by atoms with van der Waals surface area (Å²) in [7, 11) is -3.50. The third-order valence-electron chi connectivity index (χ3n) is 4.33. The van der Waals surface area contributed by atoms with E-state index in [1.807, 2.05) is 24.3 Å². The largest absolute Gasteiger partial charge is 0.378 e. The SMILES string of the molecule is CCc1ccc(NCC(=O)c2ccc(S(=O)(=O)N(CC)CC)cc2)cc1. The number of carbonyl (C=O) groups is 1. The maximum atomic E-state index is 12.5. The Morgan fingerprint density at radius 2 is 1.50 bits per heavy atom. The van der Waals surface area contributed by atoms with Crippen molar-refractivity contribution in [1.82, 2.24) is 4.31 Å². The Hall–Kier alpha value is -2.18. The van der Waals surface area contributed by atoms with Crippen LogP contribution in [0.3, 0.4) is 0 Å². The van der Waals surface area contributed by atoms with Crippen molar-refractivity contribution < 1.29 is 13.2 Å². The van der Waals surface area contributed by atoms with E-state index in [2.05, 4.69) is 12.2 Å². The molecule has 0 radical (unpaired) electrons. The van der Waals surface area contributed by atoms with E-state index in [9.17, 15) is 13.2 Å².